The molecule has 2 aromatic carbocycles. The van der Waals surface area contributed by atoms with Crippen LogP contribution in [0.25, 0.3) is 0 Å². The van der Waals surface area contributed by atoms with Gasteiger partial charge in [0, 0.05) is 25.1 Å². The third kappa shape index (κ3) is 4.76. The van der Waals surface area contributed by atoms with Gasteiger partial charge in [-0.1, -0.05) is 42.5 Å². The topological polar surface area (TPSA) is 71.0 Å². The van der Waals surface area contributed by atoms with Crippen LogP contribution in [-0.2, 0) is 9.53 Å². The zero-order valence-corrected chi connectivity index (χ0v) is 16.6. The Bertz CT molecular complexity index is 883. The summed E-state index contributed by atoms with van der Waals surface area (Å²) in [6, 6.07) is 17.3. The molecule has 1 aliphatic rings. The van der Waals surface area contributed by atoms with Gasteiger partial charge in [0.15, 0.2) is 0 Å². The Balaban J connectivity index is 1.83. The van der Waals surface area contributed by atoms with Gasteiger partial charge in [-0.2, -0.15) is 5.10 Å². The van der Waals surface area contributed by atoms with Crippen LogP contribution >= 0.6 is 0 Å². The molecule has 0 aromatic heterocycles. The highest BCUT2D eigenvalue weighted by Gasteiger charge is 2.29. The SMILES string of the molecule is CN1N=C(c2ccc(NC(=O)OC(C)(C)C)cc2)C(c2ccccc2)CC1=O. The molecule has 0 aliphatic carbocycles. The predicted octanol–water partition coefficient (Wildman–Crippen LogP) is 4.38. The highest BCUT2D eigenvalue weighted by Crippen LogP contribution is 2.30. The van der Waals surface area contributed by atoms with Crippen molar-refractivity contribution in [3.05, 3.63) is 65.7 Å². The zero-order valence-electron chi connectivity index (χ0n) is 16.6. The molecule has 2 aromatic rings. The number of carbonyl (C=O) groups is 2. The molecule has 1 N–H and O–H groups in total. The molecule has 28 heavy (non-hydrogen) atoms. The second kappa shape index (κ2) is 7.84. The maximum atomic E-state index is 12.2. The van der Waals surface area contributed by atoms with E-state index < -0.39 is 11.7 Å². The Morgan fingerprint density at radius 1 is 1.11 bits per heavy atom. The summed E-state index contributed by atoms with van der Waals surface area (Å²) < 4.78 is 5.27. The Hall–Kier alpha value is -3.15. The second-order valence-corrected chi connectivity index (χ2v) is 7.77. The summed E-state index contributed by atoms with van der Waals surface area (Å²) in [7, 11) is 1.67. The van der Waals surface area contributed by atoms with Gasteiger partial charge >= 0.3 is 6.09 Å². The molecule has 1 aliphatic heterocycles. The zero-order chi connectivity index (χ0) is 20.3. The summed E-state index contributed by atoms with van der Waals surface area (Å²) >= 11 is 0. The van der Waals surface area contributed by atoms with Gasteiger partial charge in [-0.15, -0.1) is 0 Å². The average molecular weight is 379 g/mol. The van der Waals surface area contributed by atoms with Crippen molar-refractivity contribution in [2.75, 3.05) is 12.4 Å². The number of ether oxygens (including phenoxy) is 1. The molecule has 0 spiro atoms. The van der Waals surface area contributed by atoms with E-state index in [0.29, 0.717) is 12.1 Å². The number of amides is 2. The molecule has 0 fully saturated rings. The first-order valence-corrected chi connectivity index (χ1v) is 9.23. The number of hydrogen-bond donors (Lipinski definition) is 1. The van der Waals surface area contributed by atoms with E-state index >= 15 is 0 Å². The first kappa shape index (κ1) is 19.6. The number of benzene rings is 2. The number of carbonyl (C=O) groups excluding carboxylic acids is 2. The van der Waals surface area contributed by atoms with E-state index in [2.05, 4.69) is 10.4 Å². The van der Waals surface area contributed by atoms with Gasteiger partial charge in [0.05, 0.1) is 5.71 Å². The molecule has 1 unspecified atom stereocenters. The normalized spacial score (nSPS) is 17.1. The predicted molar refractivity (Wildman–Crippen MR) is 109 cm³/mol. The van der Waals surface area contributed by atoms with Crippen molar-refractivity contribution in [2.24, 2.45) is 5.10 Å². The smallest absolute Gasteiger partial charge is 0.412 e. The van der Waals surface area contributed by atoms with Crippen LogP contribution in [0.3, 0.4) is 0 Å². The van der Waals surface area contributed by atoms with E-state index in [1.807, 2.05) is 63.2 Å². The van der Waals surface area contributed by atoms with Gasteiger partial charge in [-0.25, -0.2) is 9.80 Å². The van der Waals surface area contributed by atoms with Crippen LogP contribution < -0.4 is 5.32 Å². The molecule has 6 nitrogen and oxygen atoms in total. The number of hydrogen-bond acceptors (Lipinski definition) is 4. The molecule has 6 heteroatoms. The maximum Gasteiger partial charge on any atom is 0.412 e. The Morgan fingerprint density at radius 3 is 2.36 bits per heavy atom. The summed E-state index contributed by atoms with van der Waals surface area (Å²) in [5.74, 6) is -0.115. The Labute approximate surface area is 165 Å². The Kier molecular flexibility index (Phi) is 5.49. The third-order valence-electron chi connectivity index (χ3n) is 4.36. The first-order valence-electron chi connectivity index (χ1n) is 9.23. The van der Waals surface area contributed by atoms with Crippen LogP contribution in [0.15, 0.2) is 59.7 Å². The number of nitrogens with one attached hydrogen (secondary N) is 1. The summed E-state index contributed by atoms with van der Waals surface area (Å²) in [5, 5.41) is 8.63. The van der Waals surface area contributed by atoms with Crippen molar-refractivity contribution < 1.29 is 14.3 Å². The van der Waals surface area contributed by atoms with Crippen LogP contribution in [0.1, 0.15) is 44.2 Å². The fraction of sp³-hybridized carbons (Fsp3) is 0.318. The van der Waals surface area contributed by atoms with Crippen molar-refractivity contribution in [3.63, 3.8) is 0 Å². The van der Waals surface area contributed by atoms with Gasteiger partial charge in [0.1, 0.15) is 5.60 Å². The average Bonchev–Trinajstić information content (AvgIpc) is 2.63. The molecule has 2 amide bonds. The van der Waals surface area contributed by atoms with E-state index in [9.17, 15) is 9.59 Å². The van der Waals surface area contributed by atoms with Crippen LogP contribution in [0.4, 0.5) is 10.5 Å². The van der Waals surface area contributed by atoms with Crippen molar-refractivity contribution >= 4 is 23.4 Å². The fourth-order valence-electron chi connectivity index (χ4n) is 3.06. The highest BCUT2D eigenvalue weighted by atomic mass is 16.6. The van der Waals surface area contributed by atoms with Gasteiger partial charge in [-0.3, -0.25) is 10.1 Å². The second-order valence-electron chi connectivity index (χ2n) is 7.77. The molecule has 1 heterocycles. The molecule has 1 atom stereocenters. The van der Waals surface area contributed by atoms with E-state index in [1.54, 1.807) is 19.2 Å². The highest BCUT2D eigenvalue weighted by molar-refractivity contribution is 6.09. The minimum absolute atomic E-state index is 0.0131. The number of nitrogens with zero attached hydrogens (tertiary/aromatic N) is 2. The standard InChI is InChI=1S/C22H25N3O3/c1-22(2,3)28-21(27)23-17-12-10-16(11-13-17)20-18(14-19(26)25(4)24-20)15-8-6-5-7-9-15/h5-13,18H,14H2,1-4H3,(H,23,27). The first-order chi connectivity index (χ1) is 13.2. The van der Waals surface area contributed by atoms with Crippen molar-refractivity contribution in [1.82, 2.24) is 5.01 Å². The van der Waals surface area contributed by atoms with Crippen molar-refractivity contribution in [1.29, 1.82) is 0 Å². The maximum absolute atomic E-state index is 12.2. The lowest BCUT2D eigenvalue weighted by atomic mass is 9.86. The quantitative estimate of drug-likeness (QED) is 0.860. The summed E-state index contributed by atoms with van der Waals surface area (Å²) in [6.07, 6.45) is -0.125. The van der Waals surface area contributed by atoms with Crippen LogP contribution in [0.2, 0.25) is 0 Å². The van der Waals surface area contributed by atoms with E-state index in [4.69, 9.17) is 4.74 Å². The molecule has 0 radical (unpaired) electrons. The van der Waals surface area contributed by atoms with Crippen LogP contribution in [-0.4, -0.2) is 35.4 Å². The van der Waals surface area contributed by atoms with Gasteiger partial charge < -0.3 is 4.74 Å². The van der Waals surface area contributed by atoms with Gasteiger partial charge in [-0.05, 0) is 44.0 Å². The monoisotopic (exact) mass is 379 g/mol. The Morgan fingerprint density at radius 2 is 1.75 bits per heavy atom. The molecule has 0 saturated carbocycles. The fourth-order valence-corrected chi connectivity index (χ4v) is 3.06. The lowest BCUT2D eigenvalue weighted by Crippen LogP contribution is -2.33. The summed E-state index contributed by atoms with van der Waals surface area (Å²) in [4.78, 5) is 24.1. The van der Waals surface area contributed by atoms with E-state index in [-0.39, 0.29) is 11.8 Å². The van der Waals surface area contributed by atoms with Crippen LogP contribution in [0, 0.1) is 0 Å². The number of anilines is 1. The third-order valence-corrected chi connectivity index (χ3v) is 4.36. The lowest BCUT2D eigenvalue weighted by molar-refractivity contribution is -0.130. The number of rotatable bonds is 3. The van der Waals surface area contributed by atoms with Gasteiger partial charge in [0.2, 0.25) is 5.91 Å². The van der Waals surface area contributed by atoms with E-state index in [0.717, 1.165) is 16.8 Å². The molecule has 3 rings (SSSR count). The number of hydrazone groups is 1. The summed E-state index contributed by atoms with van der Waals surface area (Å²) in [5.41, 5.74) is 2.87. The molecule has 146 valence electrons. The molecular formula is C22H25N3O3. The summed E-state index contributed by atoms with van der Waals surface area (Å²) in [6.45, 7) is 5.45. The van der Waals surface area contributed by atoms with Crippen molar-refractivity contribution in [3.8, 4) is 0 Å². The van der Waals surface area contributed by atoms with Gasteiger partial charge in [0.25, 0.3) is 0 Å². The largest absolute Gasteiger partial charge is 0.444 e. The van der Waals surface area contributed by atoms with Crippen LogP contribution in [0.5, 0.6) is 0 Å². The minimum atomic E-state index is -0.555. The minimum Gasteiger partial charge on any atom is -0.444 e. The van der Waals surface area contributed by atoms with Crippen molar-refractivity contribution in [2.45, 2.75) is 38.7 Å². The lowest BCUT2D eigenvalue weighted by Gasteiger charge is -2.28. The molecule has 0 bridgehead atoms. The van der Waals surface area contributed by atoms with E-state index in [1.165, 1.54) is 5.01 Å². The molecular weight excluding hydrogens is 354 g/mol. The molecule has 0 saturated heterocycles.